The van der Waals surface area contributed by atoms with E-state index in [1.165, 1.54) is 10.4 Å². The molecule has 0 spiro atoms. The average molecular weight is 336 g/mol. The smallest absolute Gasteiger partial charge is 0.246 e. The first-order valence-electron chi connectivity index (χ1n) is 7.05. The van der Waals surface area contributed by atoms with Gasteiger partial charge in [0.15, 0.2) is 0 Å². The van der Waals surface area contributed by atoms with Gasteiger partial charge in [-0.25, -0.2) is 12.8 Å². The first kappa shape index (κ1) is 16.7. The van der Waals surface area contributed by atoms with Gasteiger partial charge in [-0.05, 0) is 25.0 Å². The Kier molecular flexibility index (Phi) is 5.60. The fraction of sp³-hybridized carbons (Fsp3) is 0.571. The van der Waals surface area contributed by atoms with E-state index < -0.39 is 27.3 Å². The number of aliphatic hydroxyl groups is 1. The highest BCUT2D eigenvalue weighted by molar-refractivity contribution is 7.89. The van der Waals surface area contributed by atoms with Crippen molar-refractivity contribution < 1.29 is 17.9 Å². The zero-order valence-corrected chi connectivity index (χ0v) is 13.3. The van der Waals surface area contributed by atoms with Crippen LogP contribution in [0.15, 0.2) is 17.0 Å². The zero-order valence-electron chi connectivity index (χ0n) is 11.7. The van der Waals surface area contributed by atoms with Crippen molar-refractivity contribution in [3.8, 4) is 0 Å². The molecule has 0 bridgehead atoms. The second-order valence-corrected chi connectivity index (χ2v) is 7.55. The van der Waals surface area contributed by atoms with Crippen LogP contribution in [0, 0.1) is 5.82 Å². The summed E-state index contributed by atoms with van der Waals surface area (Å²) < 4.78 is 40.9. The number of benzene rings is 1. The summed E-state index contributed by atoms with van der Waals surface area (Å²) in [4.78, 5) is -0.445. The average Bonchev–Trinajstić information content (AvgIpc) is 2.40. The SMILES string of the molecule is O=S(=O)(c1cc(Cl)cc(CO)c1F)N1CCCCCCC1. The Morgan fingerprint density at radius 2 is 1.71 bits per heavy atom. The molecule has 0 aromatic heterocycles. The Hall–Kier alpha value is -0.690. The van der Waals surface area contributed by atoms with Crippen LogP contribution in [0.25, 0.3) is 0 Å². The second kappa shape index (κ2) is 7.05. The van der Waals surface area contributed by atoms with E-state index >= 15 is 0 Å². The largest absolute Gasteiger partial charge is 0.392 e. The zero-order chi connectivity index (χ0) is 15.5. The molecular formula is C14H19ClFNO3S. The fourth-order valence-corrected chi connectivity index (χ4v) is 4.48. The minimum absolute atomic E-state index is 0.103. The van der Waals surface area contributed by atoms with Crippen LogP contribution in [0.3, 0.4) is 0 Å². The Bertz CT molecular complexity index is 598. The van der Waals surface area contributed by atoms with Gasteiger partial charge >= 0.3 is 0 Å². The number of halogens is 2. The van der Waals surface area contributed by atoms with Gasteiger partial charge in [-0.1, -0.05) is 30.9 Å². The van der Waals surface area contributed by atoms with Crippen molar-refractivity contribution >= 4 is 21.6 Å². The Balaban J connectivity index is 2.40. The monoisotopic (exact) mass is 335 g/mol. The lowest BCUT2D eigenvalue weighted by atomic mass is 10.1. The van der Waals surface area contributed by atoms with E-state index in [0.717, 1.165) is 38.2 Å². The summed E-state index contributed by atoms with van der Waals surface area (Å²) in [7, 11) is -3.92. The second-order valence-electron chi connectivity index (χ2n) is 5.21. The molecule has 1 heterocycles. The molecule has 1 saturated heterocycles. The van der Waals surface area contributed by atoms with Crippen LogP contribution in [0.2, 0.25) is 5.02 Å². The third kappa shape index (κ3) is 3.74. The van der Waals surface area contributed by atoms with Gasteiger partial charge in [0.25, 0.3) is 0 Å². The summed E-state index contributed by atoms with van der Waals surface area (Å²) >= 11 is 5.84. The molecule has 0 aliphatic carbocycles. The molecule has 1 N–H and O–H groups in total. The lowest BCUT2D eigenvalue weighted by Crippen LogP contribution is -2.34. The van der Waals surface area contributed by atoms with Gasteiger partial charge in [-0.3, -0.25) is 0 Å². The molecular weight excluding hydrogens is 317 g/mol. The minimum atomic E-state index is -3.92. The third-order valence-electron chi connectivity index (χ3n) is 3.68. The van der Waals surface area contributed by atoms with Crippen LogP contribution < -0.4 is 0 Å². The van der Waals surface area contributed by atoms with Crippen LogP contribution in [0.1, 0.15) is 37.7 Å². The molecule has 118 valence electrons. The summed E-state index contributed by atoms with van der Waals surface area (Å²) in [6.45, 7) is 0.195. The van der Waals surface area contributed by atoms with Crippen LogP contribution >= 0.6 is 11.6 Å². The van der Waals surface area contributed by atoms with E-state index in [2.05, 4.69) is 0 Å². The quantitative estimate of drug-likeness (QED) is 0.924. The van der Waals surface area contributed by atoms with Gasteiger partial charge in [-0.2, -0.15) is 4.31 Å². The maximum absolute atomic E-state index is 14.3. The summed E-state index contributed by atoms with van der Waals surface area (Å²) in [6.07, 6.45) is 4.61. The van der Waals surface area contributed by atoms with E-state index in [4.69, 9.17) is 16.7 Å². The molecule has 1 aromatic carbocycles. The van der Waals surface area contributed by atoms with Crippen LogP contribution in [-0.2, 0) is 16.6 Å². The van der Waals surface area contributed by atoms with Crippen molar-refractivity contribution in [2.24, 2.45) is 0 Å². The number of sulfonamides is 1. The van der Waals surface area contributed by atoms with Gasteiger partial charge in [0.2, 0.25) is 10.0 Å². The molecule has 1 aliphatic heterocycles. The van der Waals surface area contributed by atoms with Gasteiger partial charge in [0, 0.05) is 23.7 Å². The van der Waals surface area contributed by atoms with E-state index in [1.807, 2.05) is 0 Å². The van der Waals surface area contributed by atoms with E-state index in [1.54, 1.807) is 0 Å². The number of nitrogens with zero attached hydrogens (tertiary/aromatic N) is 1. The molecule has 0 atom stereocenters. The van der Waals surface area contributed by atoms with E-state index in [0.29, 0.717) is 13.1 Å². The minimum Gasteiger partial charge on any atom is -0.392 e. The number of rotatable bonds is 3. The molecule has 1 aromatic rings. The highest BCUT2D eigenvalue weighted by atomic mass is 35.5. The summed E-state index contributed by atoms with van der Waals surface area (Å²) in [5, 5.41) is 9.22. The van der Waals surface area contributed by atoms with Gasteiger partial charge < -0.3 is 5.11 Å². The maximum Gasteiger partial charge on any atom is 0.246 e. The lowest BCUT2D eigenvalue weighted by molar-refractivity contribution is 0.274. The van der Waals surface area contributed by atoms with Crippen molar-refractivity contribution in [3.63, 3.8) is 0 Å². The molecule has 2 rings (SSSR count). The highest BCUT2D eigenvalue weighted by Crippen LogP contribution is 2.27. The number of hydrogen-bond donors (Lipinski definition) is 1. The van der Waals surface area contributed by atoms with Crippen molar-refractivity contribution in [1.82, 2.24) is 4.31 Å². The first-order chi connectivity index (χ1) is 9.96. The van der Waals surface area contributed by atoms with Gasteiger partial charge in [0.05, 0.1) is 6.61 Å². The van der Waals surface area contributed by atoms with Crippen LogP contribution in [0.4, 0.5) is 4.39 Å². The van der Waals surface area contributed by atoms with Crippen molar-refractivity contribution in [2.45, 2.75) is 43.6 Å². The van der Waals surface area contributed by atoms with Crippen LogP contribution in [0.5, 0.6) is 0 Å². The lowest BCUT2D eigenvalue weighted by Gasteiger charge is -2.24. The molecule has 1 fully saturated rings. The predicted octanol–water partition coefficient (Wildman–Crippen LogP) is 2.93. The maximum atomic E-state index is 14.3. The standard InChI is InChI=1S/C14H19ClFNO3S/c15-12-8-11(10-18)14(16)13(9-12)21(19,20)17-6-4-2-1-3-5-7-17/h8-9,18H,1-7,10H2. The predicted molar refractivity (Wildman–Crippen MR) is 79.2 cm³/mol. The van der Waals surface area contributed by atoms with E-state index in [-0.39, 0.29) is 10.6 Å². The summed E-state index contributed by atoms with van der Waals surface area (Å²) in [5.41, 5.74) is -0.104. The summed E-state index contributed by atoms with van der Waals surface area (Å²) in [6, 6.07) is 2.35. The van der Waals surface area contributed by atoms with Crippen molar-refractivity contribution in [2.75, 3.05) is 13.1 Å². The Labute approximate surface area is 129 Å². The van der Waals surface area contributed by atoms with E-state index in [9.17, 15) is 12.8 Å². The summed E-state index contributed by atoms with van der Waals surface area (Å²) in [5.74, 6) is -0.913. The number of hydrogen-bond acceptors (Lipinski definition) is 3. The number of aliphatic hydroxyl groups excluding tert-OH is 1. The Morgan fingerprint density at radius 1 is 1.14 bits per heavy atom. The molecule has 1 aliphatic rings. The molecule has 7 heteroatoms. The molecule has 0 radical (unpaired) electrons. The Morgan fingerprint density at radius 3 is 2.29 bits per heavy atom. The van der Waals surface area contributed by atoms with Crippen LogP contribution in [-0.4, -0.2) is 30.9 Å². The van der Waals surface area contributed by atoms with Gasteiger partial charge in [0.1, 0.15) is 10.7 Å². The highest BCUT2D eigenvalue weighted by Gasteiger charge is 2.29. The molecule has 0 amide bonds. The third-order valence-corrected chi connectivity index (χ3v) is 5.80. The normalized spacial score (nSPS) is 18.2. The molecule has 0 saturated carbocycles. The topological polar surface area (TPSA) is 57.6 Å². The molecule has 21 heavy (non-hydrogen) atoms. The van der Waals surface area contributed by atoms with Crippen molar-refractivity contribution in [1.29, 1.82) is 0 Å². The fourth-order valence-electron chi connectivity index (χ4n) is 2.52. The van der Waals surface area contributed by atoms with Crippen molar-refractivity contribution in [3.05, 3.63) is 28.5 Å². The molecule has 0 unspecified atom stereocenters. The molecule has 4 nitrogen and oxygen atoms in total. The van der Waals surface area contributed by atoms with Gasteiger partial charge in [-0.15, -0.1) is 0 Å². The first-order valence-corrected chi connectivity index (χ1v) is 8.87.